The van der Waals surface area contributed by atoms with Crippen molar-refractivity contribution >= 4 is 76.7 Å². The van der Waals surface area contributed by atoms with Crippen molar-refractivity contribution in [2.24, 2.45) is 5.92 Å². The Labute approximate surface area is 230 Å². The van der Waals surface area contributed by atoms with Gasteiger partial charge in [0.05, 0.1) is 5.02 Å². The number of furan rings is 1. The van der Waals surface area contributed by atoms with Gasteiger partial charge in [-0.25, -0.2) is 15.0 Å². The molecule has 0 unspecified atom stereocenters. The molecule has 3 N–H and O–H groups in total. The summed E-state index contributed by atoms with van der Waals surface area (Å²) in [7, 11) is 0. The normalized spacial score (nSPS) is 16.7. The van der Waals surface area contributed by atoms with Crippen LogP contribution < -0.4 is 16.0 Å². The van der Waals surface area contributed by atoms with Gasteiger partial charge < -0.3 is 20.4 Å². The van der Waals surface area contributed by atoms with E-state index in [0.717, 1.165) is 12.8 Å². The van der Waals surface area contributed by atoms with E-state index in [0.29, 0.717) is 46.3 Å². The van der Waals surface area contributed by atoms with Crippen molar-refractivity contribution in [2.45, 2.75) is 31.7 Å². The van der Waals surface area contributed by atoms with Crippen molar-refractivity contribution < 1.29 is 14.0 Å². The van der Waals surface area contributed by atoms with E-state index in [1.54, 1.807) is 36.7 Å². The summed E-state index contributed by atoms with van der Waals surface area (Å²) in [4.78, 5) is 38.7. The molecule has 5 rings (SSSR count). The predicted octanol–water partition coefficient (Wildman–Crippen LogP) is 5.98. The second kappa shape index (κ2) is 12.7. The third kappa shape index (κ3) is 6.68. The van der Waals surface area contributed by atoms with E-state index in [4.69, 9.17) is 16.0 Å². The summed E-state index contributed by atoms with van der Waals surface area (Å²) in [6.45, 7) is 0. The lowest BCUT2D eigenvalue weighted by Crippen LogP contribution is -2.32. The van der Waals surface area contributed by atoms with E-state index in [1.807, 2.05) is 18.2 Å². The first-order valence-electron chi connectivity index (χ1n) is 11.4. The molecule has 194 valence electrons. The molecule has 4 aromatic rings. The van der Waals surface area contributed by atoms with Crippen LogP contribution in [0.1, 0.15) is 36.2 Å². The third-order valence-electron chi connectivity index (χ3n) is 6.02. The number of rotatable bonds is 6. The van der Waals surface area contributed by atoms with Crippen LogP contribution in [0, 0.1) is 5.92 Å². The number of para-hydroxylation sites is 1. The van der Waals surface area contributed by atoms with Crippen LogP contribution in [0.3, 0.4) is 0 Å². The second-order valence-electron chi connectivity index (χ2n) is 8.37. The maximum atomic E-state index is 13.2. The summed E-state index contributed by atoms with van der Waals surface area (Å²) in [5.74, 6) is 0.119. The second-order valence-corrected chi connectivity index (χ2v) is 8.81. The van der Waals surface area contributed by atoms with Crippen LogP contribution in [0.2, 0.25) is 5.02 Å². The Morgan fingerprint density at radius 1 is 0.892 bits per heavy atom. The molecule has 12 heteroatoms. The number of halogens is 3. The summed E-state index contributed by atoms with van der Waals surface area (Å²) in [6, 6.07) is 12.4. The summed E-state index contributed by atoms with van der Waals surface area (Å²) >= 11 is 5.87. The van der Waals surface area contributed by atoms with Gasteiger partial charge in [0, 0.05) is 35.9 Å². The Bertz CT molecular complexity index is 1340. The quantitative estimate of drug-likeness (QED) is 0.264. The number of fused-ring (bicyclic) bond motifs is 1. The number of anilines is 3. The molecule has 1 aromatic carbocycles. The van der Waals surface area contributed by atoms with Gasteiger partial charge in [-0.3, -0.25) is 9.59 Å². The maximum absolute atomic E-state index is 13.2. The number of nitrogens with zero attached hydrogens (tertiary/aromatic N) is 3. The molecular formula is C25H25Cl3N6O3. The average Bonchev–Trinajstić information content (AvgIpc) is 3.25. The molecule has 1 fully saturated rings. The van der Waals surface area contributed by atoms with Crippen molar-refractivity contribution in [1.82, 2.24) is 15.0 Å². The Balaban J connectivity index is 0.00000190. The van der Waals surface area contributed by atoms with Crippen LogP contribution in [-0.4, -0.2) is 32.8 Å². The summed E-state index contributed by atoms with van der Waals surface area (Å²) in [5.41, 5.74) is 0.864. The molecular weight excluding hydrogens is 539 g/mol. The molecule has 9 nitrogen and oxygen atoms in total. The first-order valence-corrected chi connectivity index (χ1v) is 11.7. The number of aromatic nitrogens is 3. The minimum atomic E-state index is -0.512. The van der Waals surface area contributed by atoms with E-state index >= 15 is 0 Å². The highest BCUT2D eigenvalue weighted by molar-refractivity contribution is 6.30. The highest BCUT2D eigenvalue weighted by Crippen LogP contribution is 2.33. The van der Waals surface area contributed by atoms with E-state index in [1.165, 1.54) is 6.20 Å². The van der Waals surface area contributed by atoms with Crippen LogP contribution in [0.15, 0.2) is 65.5 Å². The minimum absolute atomic E-state index is 0. The monoisotopic (exact) mass is 562 g/mol. The molecule has 1 aliphatic carbocycles. The molecule has 0 bridgehead atoms. The molecule has 2 amide bonds. The summed E-state index contributed by atoms with van der Waals surface area (Å²) in [6.07, 6.45) is 7.88. The molecule has 0 radical (unpaired) electrons. The zero-order chi connectivity index (χ0) is 24.2. The lowest BCUT2D eigenvalue weighted by atomic mass is 9.85. The summed E-state index contributed by atoms with van der Waals surface area (Å²) in [5, 5.41) is 10.1. The number of hydrogen-bond donors (Lipinski definition) is 3. The zero-order valence-corrected chi connectivity index (χ0v) is 21.9. The van der Waals surface area contributed by atoms with E-state index in [9.17, 15) is 9.59 Å². The van der Waals surface area contributed by atoms with Gasteiger partial charge in [-0.05, 0) is 56.0 Å². The Morgan fingerprint density at radius 3 is 2.32 bits per heavy atom. The van der Waals surface area contributed by atoms with Gasteiger partial charge in [-0.2, -0.15) is 0 Å². The standard InChI is InChI=1S/C25H23ClN6O3.2ClH/c26-16-8-11-20(29-14-16)31-24(34)22-21(18-4-1-2-5-19(18)35-22)32-23(33)15-6-9-17(10-7-15)30-25-27-12-3-13-28-25;;/h1-5,8,11-15,17H,6-7,9-10H2,(H,32,33)(H,27,28,30)(H,29,31,34);2*1H/t15-,17-;;. The van der Waals surface area contributed by atoms with Gasteiger partial charge in [-0.15, -0.1) is 24.8 Å². The SMILES string of the molecule is Cl.Cl.O=C(Nc1ccc(Cl)cn1)c1oc2ccccc2c1NC(=O)[C@H]1CC[C@H](Nc2ncccn2)CC1. The van der Waals surface area contributed by atoms with Gasteiger partial charge in [0.2, 0.25) is 17.6 Å². The number of carbonyl (C=O) groups excluding carboxylic acids is 2. The largest absolute Gasteiger partial charge is 0.449 e. The van der Waals surface area contributed by atoms with Gasteiger partial charge >= 0.3 is 0 Å². The fourth-order valence-electron chi connectivity index (χ4n) is 4.23. The molecule has 0 saturated heterocycles. The molecule has 0 spiro atoms. The maximum Gasteiger partial charge on any atom is 0.294 e. The fraction of sp³-hybridized carbons (Fsp3) is 0.240. The van der Waals surface area contributed by atoms with E-state index in [2.05, 4.69) is 30.9 Å². The fourth-order valence-corrected chi connectivity index (χ4v) is 4.35. The molecule has 0 aliphatic heterocycles. The number of pyridine rings is 1. The van der Waals surface area contributed by atoms with Crippen molar-refractivity contribution in [1.29, 1.82) is 0 Å². The van der Waals surface area contributed by atoms with E-state index < -0.39 is 5.91 Å². The van der Waals surface area contributed by atoms with Gasteiger partial charge in [0.25, 0.3) is 5.91 Å². The highest BCUT2D eigenvalue weighted by Gasteiger charge is 2.29. The highest BCUT2D eigenvalue weighted by atomic mass is 35.5. The number of hydrogen-bond acceptors (Lipinski definition) is 7. The molecule has 3 heterocycles. The van der Waals surface area contributed by atoms with Crippen LogP contribution >= 0.6 is 36.4 Å². The first-order chi connectivity index (χ1) is 17.1. The smallest absolute Gasteiger partial charge is 0.294 e. The number of amides is 2. The van der Waals surface area contributed by atoms with Crippen LogP contribution in [0.4, 0.5) is 17.5 Å². The number of benzene rings is 1. The lowest BCUT2D eigenvalue weighted by Gasteiger charge is -2.28. The Morgan fingerprint density at radius 2 is 1.62 bits per heavy atom. The Kier molecular flexibility index (Phi) is 9.68. The van der Waals surface area contributed by atoms with Gasteiger partial charge in [0.15, 0.2) is 0 Å². The Hall–Kier alpha value is -3.40. The topological polar surface area (TPSA) is 122 Å². The lowest BCUT2D eigenvalue weighted by molar-refractivity contribution is -0.120. The first kappa shape index (κ1) is 28.2. The molecule has 0 atom stereocenters. The molecule has 1 saturated carbocycles. The van der Waals surface area contributed by atoms with Crippen molar-refractivity contribution in [3.05, 3.63) is 71.8 Å². The van der Waals surface area contributed by atoms with Crippen molar-refractivity contribution in [3.63, 3.8) is 0 Å². The van der Waals surface area contributed by atoms with Gasteiger partial charge in [-0.1, -0.05) is 23.7 Å². The molecule has 1 aliphatic rings. The van der Waals surface area contributed by atoms with Crippen LogP contribution in [-0.2, 0) is 4.79 Å². The van der Waals surface area contributed by atoms with Crippen molar-refractivity contribution in [3.8, 4) is 0 Å². The summed E-state index contributed by atoms with van der Waals surface area (Å²) < 4.78 is 5.82. The van der Waals surface area contributed by atoms with Crippen LogP contribution in [0.5, 0.6) is 0 Å². The molecule has 3 aromatic heterocycles. The van der Waals surface area contributed by atoms with Gasteiger partial charge in [0.1, 0.15) is 17.1 Å². The van der Waals surface area contributed by atoms with Crippen LogP contribution in [0.25, 0.3) is 11.0 Å². The predicted molar refractivity (Wildman–Crippen MR) is 148 cm³/mol. The third-order valence-corrected chi connectivity index (χ3v) is 6.24. The van der Waals surface area contributed by atoms with E-state index in [-0.39, 0.29) is 48.4 Å². The number of carbonyl (C=O) groups is 2. The average molecular weight is 564 g/mol. The molecule has 37 heavy (non-hydrogen) atoms. The number of nitrogens with one attached hydrogen (secondary N) is 3. The van der Waals surface area contributed by atoms with Crippen molar-refractivity contribution in [2.75, 3.05) is 16.0 Å². The zero-order valence-electron chi connectivity index (χ0n) is 19.5. The minimum Gasteiger partial charge on any atom is -0.449 e.